The molecule has 5 heteroatoms. The number of unbranched alkanes of at least 4 members (excludes halogenated alkanes) is 1. The first-order valence-electron chi connectivity index (χ1n) is 4.45. The van der Waals surface area contributed by atoms with E-state index in [1.165, 1.54) is 6.33 Å². The summed E-state index contributed by atoms with van der Waals surface area (Å²) in [6.45, 7) is 2.36. The molecule has 0 fully saturated rings. The lowest BCUT2D eigenvalue weighted by atomic mass is 10.3. The Bertz CT molecular complexity index is 320. The van der Waals surface area contributed by atoms with Gasteiger partial charge in [-0.25, -0.2) is 9.78 Å². The molecule has 0 aliphatic carbocycles. The van der Waals surface area contributed by atoms with Crippen molar-refractivity contribution in [3.8, 4) is 0 Å². The van der Waals surface area contributed by atoms with Crippen molar-refractivity contribution in [1.82, 2.24) is 9.97 Å². The number of H-pyrrole nitrogens is 1. The average Bonchev–Trinajstić information content (AvgIpc) is 2.65. The van der Waals surface area contributed by atoms with E-state index in [-0.39, 0.29) is 11.4 Å². The number of carbonyl (C=O) groups excluding carboxylic acids is 2. The molecule has 0 unspecified atom stereocenters. The largest absolute Gasteiger partial charge is 0.461 e. The van der Waals surface area contributed by atoms with Crippen molar-refractivity contribution in [1.29, 1.82) is 0 Å². The Balaban J connectivity index is 2.56. The van der Waals surface area contributed by atoms with Crippen LogP contribution in [0.2, 0.25) is 0 Å². The molecule has 0 aliphatic rings. The van der Waals surface area contributed by atoms with E-state index in [1.807, 2.05) is 6.92 Å². The number of ether oxygens (including phenoxy) is 1. The van der Waals surface area contributed by atoms with Crippen molar-refractivity contribution in [3.05, 3.63) is 17.7 Å². The highest BCUT2D eigenvalue weighted by atomic mass is 16.5. The number of hydrogen-bond acceptors (Lipinski definition) is 4. The Kier molecular flexibility index (Phi) is 3.84. The number of imidazole rings is 1. The maximum atomic E-state index is 11.3. The summed E-state index contributed by atoms with van der Waals surface area (Å²) in [4.78, 5) is 28.0. The number of aromatic nitrogens is 2. The third-order valence-electron chi connectivity index (χ3n) is 1.71. The number of nitrogens with zero attached hydrogens (tertiary/aromatic N) is 1. The van der Waals surface area contributed by atoms with Gasteiger partial charge in [-0.05, 0) is 6.42 Å². The van der Waals surface area contributed by atoms with E-state index in [0.717, 1.165) is 12.8 Å². The van der Waals surface area contributed by atoms with Crippen LogP contribution in [0.3, 0.4) is 0 Å². The molecule has 0 radical (unpaired) electrons. The maximum Gasteiger partial charge on any atom is 0.359 e. The Hall–Kier alpha value is -1.65. The molecule has 5 nitrogen and oxygen atoms in total. The predicted octanol–water partition coefficient (Wildman–Crippen LogP) is 1.18. The quantitative estimate of drug-likeness (QED) is 0.436. The minimum absolute atomic E-state index is 0.0519. The fourth-order valence-corrected chi connectivity index (χ4v) is 0.934. The van der Waals surface area contributed by atoms with Gasteiger partial charge in [0.25, 0.3) is 0 Å². The Morgan fingerprint density at radius 2 is 2.50 bits per heavy atom. The predicted molar refractivity (Wildman–Crippen MR) is 49.2 cm³/mol. The van der Waals surface area contributed by atoms with Crippen molar-refractivity contribution in [2.45, 2.75) is 19.8 Å². The summed E-state index contributed by atoms with van der Waals surface area (Å²) < 4.78 is 4.89. The molecule has 0 amide bonds. The third kappa shape index (κ3) is 2.42. The van der Waals surface area contributed by atoms with Gasteiger partial charge in [0.2, 0.25) is 0 Å². The van der Waals surface area contributed by atoms with E-state index in [2.05, 4.69) is 9.97 Å². The van der Waals surface area contributed by atoms with Gasteiger partial charge < -0.3 is 9.72 Å². The van der Waals surface area contributed by atoms with Crippen molar-refractivity contribution in [2.75, 3.05) is 6.61 Å². The molecular weight excluding hydrogens is 184 g/mol. The molecule has 1 rings (SSSR count). The molecule has 1 N–H and O–H groups in total. The lowest BCUT2D eigenvalue weighted by Crippen LogP contribution is -2.09. The fraction of sp³-hybridized carbons (Fsp3) is 0.444. The van der Waals surface area contributed by atoms with Crippen LogP contribution in [0.1, 0.15) is 40.7 Å². The van der Waals surface area contributed by atoms with Crippen LogP contribution in [0.15, 0.2) is 6.33 Å². The second kappa shape index (κ2) is 5.16. The van der Waals surface area contributed by atoms with Crippen LogP contribution in [0.25, 0.3) is 0 Å². The molecule has 0 atom stereocenters. The van der Waals surface area contributed by atoms with Gasteiger partial charge in [-0.2, -0.15) is 0 Å². The zero-order valence-electron chi connectivity index (χ0n) is 7.95. The van der Waals surface area contributed by atoms with Crippen molar-refractivity contribution >= 4 is 12.3 Å². The molecule has 0 aliphatic heterocycles. The van der Waals surface area contributed by atoms with E-state index < -0.39 is 5.97 Å². The van der Waals surface area contributed by atoms with E-state index >= 15 is 0 Å². The van der Waals surface area contributed by atoms with Gasteiger partial charge in [0, 0.05) is 0 Å². The first-order chi connectivity index (χ1) is 6.79. The highest BCUT2D eigenvalue weighted by Gasteiger charge is 2.14. The molecule has 14 heavy (non-hydrogen) atoms. The SMILES string of the molecule is CCCCOC(=O)c1nc[nH]c1C=O. The van der Waals surface area contributed by atoms with Gasteiger partial charge in [0.1, 0.15) is 5.69 Å². The minimum atomic E-state index is -0.554. The van der Waals surface area contributed by atoms with Gasteiger partial charge in [-0.3, -0.25) is 4.79 Å². The standard InChI is InChI=1S/C9H12N2O3/c1-2-3-4-14-9(13)8-7(5-12)10-6-11-8/h5-6H,2-4H2,1H3,(H,10,11). The van der Waals surface area contributed by atoms with Crippen LogP contribution >= 0.6 is 0 Å². The molecular formula is C9H12N2O3. The molecule has 76 valence electrons. The highest BCUT2D eigenvalue weighted by Crippen LogP contribution is 2.02. The van der Waals surface area contributed by atoms with E-state index in [9.17, 15) is 9.59 Å². The molecule has 1 aromatic heterocycles. The molecule has 0 saturated heterocycles. The summed E-state index contributed by atoms with van der Waals surface area (Å²) in [5.41, 5.74) is 0.211. The summed E-state index contributed by atoms with van der Waals surface area (Å²) in [7, 11) is 0. The van der Waals surface area contributed by atoms with Crippen molar-refractivity contribution < 1.29 is 14.3 Å². The van der Waals surface area contributed by atoms with Gasteiger partial charge in [-0.15, -0.1) is 0 Å². The van der Waals surface area contributed by atoms with Gasteiger partial charge in [0.15, 0.2) is 12.0 Å². The summed E-state index contributed by atoms with van der Waals surface area (Å²) >= 11 is 0. The van der Waals surface area contributed by atoms with Crippen molar-refractivity contribution in [3.63, 3.8) is 0 Å². The third-order valence-corrected chi connectivity index (χ3v) is 1.71. The van der Waals surface area contributed by atoms with E-state index in [1.54, 1.807) is 0 Å². The summed E-state index contributed by atoms with van der Waals surface area (Å²) in [5, 5.41) is 0. The molecule has 1 aromatic rings. The van der Waals surface area contributed by atoms with Crippen LogP contribution in [0.4, 0.5) is 0 Å². The summed E-state index contributed by atoms with van der Waals surface area (Å²) in [6, 6.07) is 0. The zero-order valence-corrected chi connectivity index (χ0v) is 7.95. The lowest BCUT2D eigenvalue weighted by molar-refractivity contribution is 0.0491. The average molecular weight is 196 g/mol. The lowest BCUT2D eigenvalue weighted by Gasteiger charge is -2.00. The van der Waals surface area contributed by atoms with Crippen LogP contribution in [0, 0.1) is 0 Å². The number of hydrogen-bond donors (Lipinski definition) is 1. The number of rotatable bonds is 5. The van der Waals surface area contributed by atoms with Gasteiger partial charge in [0.05, 0.1) is 12.9 Å². The van der Waals surface area contributed by atoms with E-state index in [0.29, 0.717) is 12.9 Å². The van der Waals surface area contributed by atoms with Gasteiger partial charge >= 0.3 is 5.97 Å². The second-order valence-corrected chi connectivity index (χ2v) is 2.77. The monoisotopic (exact) mass is 196 g/mol. The number of esters is 1. The number of nitrogens with one attached hydrogen (secondary N) is 1. The Labute approximate surface area is 81.5 Å². The molecule has 0 saturated carbocycles. The van der Waals surface area contributed by atoms with Crippen LogP contribution in [-0.4, -0.2) is 28.8 Å². The Morgan fingerprint density at radius 1 is 1.71 bits per heavy atom. The van der Waals surface area contributed by atoms with Crippen molar-refractivity contribution in [2.24, 2.45) is 0 Å². The molecule has 0 spiro atoms. The smallest absolute Gasteiger partial charge is 0.359 e. The first kappa shape index (κ1) is 10.4. The van der Waals surface area contributed by atoms with E-state index in [4.69, 9.17) is 4.74 Å². The molecule has 0 aromatic carbocycles. The summed E-state index contributed by atoms with van der Waals surface area (Å²) in [5.74, 6) is -0.554. The Morgan fingerprint density at radius 3 is 3.14 bits per heavy atom. The molecule has 0 bridgehead atoms. The second-order valence-electron chi connectivity index (χ2n) is 2.77. The normalized spacial score (nSPS) is 9.79. The number of aromatic amines is 1. The maximum absolute atomic E-state index is 11.3. The van der Waals surface area contributed by atoms with Crippen LogP contribution in [-0.2, 0) is 4.74 Å². The fourth-order valence-electron chi connectivity index (χ4n) is 0.934. The molecule has 1 heterocycles. The first-order valence-corrected chi connectivity index (χ1v) is 4.45. The minimum Gasteiger partial charge on any atom is -0.461 e. The number of aldehydes is 1. The topological polar surface area (TPSA) is 72.0 Å². The highest BCUT2D eigenvalue weighted by molar-refractivity contribution is 5.95. The van der Waals surface area contributed by atoms with Gasteiger partial charge in [-0.1, -0.05) is 13.3 Å². The number of carbonyl (C=O) groups is 2. The summed E-state index contributed by atoms with van der Waals surface area (Å²) in [6.07, 6.45) is 3.60. The van der Waals surface area contributed by atoms with Crippen LogP contribution in [0.5, 0.6) is 0 Å². The zero-order chi connectivity index (χ0) is 10.4. The van der Waals surface area contributed by atoms with Crippen LogP contribution < -0.4 is 0 Å².